The van der Waals surface area contributed by atoms with E-state index in [0.717, 1.165) is 48.9 Å². The van der Waals surface area contributed by atoms with E-state index in [-0.39, 0.29) is 0 Å². The number of piperidine rings is 1. The second-order valence-electron chi connectivity index (χ2n) is 7.00. The maximum absolute atomic E-state index is 5.43. The zero-order chi connectivity index (χ0) is 19.2. The lowest BCUT2D eigenvalue weighted by atomic mass is 10.1. The van der Waals surface area contributed by atoms with E-state index in [9.17, 15) is 0 Å². The molecule has 3 aromatic rings. The minimum absolute atomic E-state index is 0.435. The second kappa shape index (κ2) is 8.80. The van der Waals surface area contributed by atoms with Gasteiger partial charge in [0.1, 0.15) is 5.75 Å². The third-order valence-electron chi connectivity index (χ3n) is 5.10. The zero-order valence-electron chi connectivity index (χ0n) is 16.1. The number of methoxy groups -OCH3 is 1. The standard InChI is InChI=1S/C22H25N5O/c1-28-21-9-3-2-8-19(21)20-10-11-22(26-25-20)27-13-5-7-18(16-27)24-15-17-6-4-12-23-14-17/h2-4,6,8-12,14,18,24H,5,7,13,15-16H2,1H3. The van der Waals surface area contributed by atoms with Crippen LogP contribution < -0.4 is 15.0 Å². The van der Waals surface area contributed by atoms with Gasteiger partial charge in [-0.25, -0.2) is 0 Å². The summed E-state index contributed by atoms with van der Waals surface area (Å²) in [5, 5.41) is 12.6. The van der Waals surface area contributed by atoms with Crippen LogP contribution in [0.5, 0.6) is 5.75 Å². The van der Waals surface area contributed by atoms with Crippen LogP contribution >= 0.6 is 0 Å². The molecule has 1 atom stereocenters. The van der Waals surface area contributed by atoms with Crippen molar-refractivity contribution in [2.45, 2.75) is 25.4 Å². The summed E-state index contributed by atoms with van der Waals surface area (Å²) in [4.78, 5) is 6.49. The Hall–Kier alpha value is -2.99. The predicted molar refractivity (Wildman–Crippen MR) is 110 cm³/mol. The molecule has 1 aromatic carbocycles. The molecule has 0 bridgehead atoms. The molecule has 6 heteroatoms. The van der Waals surface area contributed by atoms with E-state index >= 15 is 0 Å². The molecule has 1 N–H and O–H groups in total. The molecule has 0 amide bonds. The summed E-state index contributed by atoms with van der Waals surface area (Å²) in [5.74, 6) is 1.73. The monoisotopic (exact) mass is 375 g/mol. The topological polar surface area (TPSA) is 63.2 Å². The lowest BCUT2D eigenvalue weighted by Gasteiger charge is -2.33. The molecule has 144 valence electrons. The van der Waals surface area contributed by atoms with E-state index < -0.39 is 0 Å². The van der Waals surface area contributed by atoms with Crippen molar-refractivity contribution < 1.29 is 4.74 Å². The van der Waals surface area contributed by atoms with E-state index in [0.29, 0.717) is 6.04 Å². The summed E-state index contributed by atoms with van der Waals surface area (Å²) < 4.78 is 5.43. The third-order valence-corrected chi connectivity index (χ3v) is 5.10. The highest BCUT2D eigenvalue weighted by Gasteiger charge is 2.21. The van der Waals surface area contributed by atoms with Crippen molar-refractivity contribution in [3.05, 3.63) is 66.5 Å². The van der Waals surface area contributed by atoms with Crippen molar-refractivity contribution in [3.63, 3.8) is 0 Å². The van der Waals surface area contributed by atoms with Crippen LogP contribution in [0.3, 0.4) is 0 Å². The molecule has 1 saturated heterocycles. The van der Waals surface area contributed by atoms with E-state index in [4.69, 9.17) is 4.74 Å². The van der Waals surface area contributed by atoms with E-state index in [2.05, 4.69) is 37.5 Å². The highest BCUT2D eigenvalue weighted by molar-refractivity contribution is 5.67. The van der Waals surface area contributed by atoms with Gasteiger partial charge < -0.3 is 15.0 Å². The first kappa shape index (κ1) is 18.4. The Morgan fingerprint density at radius 1 is 1.11 bits per heavy atom. The molecule has 1 aliphatic rings. The SMILES string of the molecule is COc1ccccc1-c1ccc(N2CCCC(NCc3cccnc3)C2)nn1. The number of anilines is 1. The van der Waals surface area contributed by atoms with E-state index in [1.165, 1.54) is 12.0 Å². The van der Waals surface area contributed by atoms with Crippen molar-refractivity contribution >= 4 is 5.82 Å². The fourth-order valence-corrected chi connectivity index (χ4v) is 3.61. The first-order chi connectivity index (χ1) is 13.8. The molecule has 3 heterocycles. The van der Waals surface area contributed by atoms with Gasteiger partial charge in [0.15, 0.2) is 5.82 Å². The number of nitrogens with one attached hydrogen (secondary N) is 1. The third kappa shape index (κ3) is 4.28. The fourth-order valence-electron chi connectivity index (χ4n) is 3.61. The minimum Gasteiger partial charge on any atom is -0.496 e. The number of rotatable bonds is 6. The number of para-hydroxylation sites is 1. The Balaban J connectivity index is 1.41. The fraction of sp³-hybridized carbons (Fsp3) is 0.318. The molecule has 4 rings (SSSR count). The molecule has 1 aliphatic heterocycles. The van der Waals surface area contributed by atoms with Gasteiger partial charge in [0.05, 0.1) is 12.8 Å². The van der Waals surface area contributed by atoms with Crippen LogP contribution in [0, 0.1) is 0 Å². The average Bonchev–Trinajstić information content (AvgIpc) is 2.79. The minimum atomic E-state index is 0.435. The van der Waals surface area contributed by atoms with E-state index in [1.807, 2.05) is 42.6 Å². The Morgan fingerprint density at radius 3 is 2.82 bits per heavy atom. The van der Waals surface area contributed by atoms with Gasteiger partial charge in [-0.05, 0) is 48.7 Å². The molecule has 0 saturated carbocycles. The van der Waals surface area contributed by atoms with Crippen LogP contribution in [0.2, 0.25) is 0 Å². The van der Waals surface area contributed by atoms with Crippen molar-refractivity contribution in [3.8, 4) is 17.0 Å². The number of pyridine rings is 1. The largest absolute Gasteiger partial charge is 0.496 e. The van der Waals surface area contributed by atoms with Gasteiger partial charge >= 0.3 is 0 Å². The number of nitrogens with zero attached hydrogens (tertiary/aromatic N) is 4. The Bertz CT molecular complexity index is 885. The Morgan fingerprint density at radius 2 is 2.04 bits per heavy atom. The number of benzene rings is 1. The molecule has 0 radical (unpaired) electrons. The van der Waals surface area contributed by atoms with Crippen LogP contribution in [0.1, 0.15) is 18.4 Å². The van der Waals surface area contributed by atoms with Gasteiger partial charge in [-0.15, -0.1) is 10.2 Å². The summed E-state index contributed by atoms with van der Waals surface area (Å²) in [6.45, 7) is 2.78. The molecule has 1 fully saturated rings. The zero-order valence-corrected chi connectivity index (χ0v) is 16.1. The number of hydrogen-bond donors (Lipinski definition) is 1. The molecule has 28 heavy (non-hydrogen) atoms. The van der Waals surface area contributed by atoms with Crippen molar-refractivity contribution in [2.75, 3.05) is 25.1 Å². The molecule has 0 aliphatic carbocycles. The lowest BCUT2D eigenvalue weighted by Crippen LogP contribution is -2.45. The Labute approximate surface area is 165 Å². The van der Waals surface area contributed by atoms with Crippen molar-refractivity contribution in [1.82, 2.24) is 20.5 Å². The molecule has 0 spiro atoms. The predicted octanol–water partition coefficient (Wildman–Crippen LogP) is 3.31. The van der Waals surface area contributed by atoms with Crippen LogP contribution in [0.15, 0.2) is 60.9 Å². The molecular weight excluding hydrogens is 350 g/mol. The molecule has 2 aromatic heterocycles. The number of aromatic nitrogens is 3. The summed E-state index contributed by atoms with van der Waals surface area (Å²) in [7, 11) is 1.67. The number of hydrogen-bond acceptors (Lipinski definition) is 6. The highest BCUT2D eigenvalue weighted by atomic mass is 16.5. The van der Waals surface area contributed by atoms with E-state index in [1.54, 1.807) is 13.3 Å². The maximum Gasteiger partial charge on any atom is 0.151 e. The Kier molecular flexibility index (Phi) is 5.77. The van der Waals surface area contributed by atoms with Gasteiger partial charge in [0.25, 0.3) is 0 Å². The summed E-state index contributed by atoms with van der Waals surface area (Å²) >= 11 is 0. The van der Waals surface area contributed by atoms with Crippen molar-refractivity contribution in [1.29, 1.82) is 0 Å². The van der Waals surface area contributed by atoms with Crippen LogP contribution in [0.4, 0.5) is 5.82 Å². The van der Waals surface area contributed by atoms with Gasteiger partial charge in [-0.3, -0.25) is 4.98 Å². The first-order valence-electron chi connectivity index (χ1n) is 9.68. The first-order valence-corrected chi connectivity index (χ1v) is 9.68. The van der Waals surface area contributed by atoms with Gasteiger partial charge in [-0.2, -0.15) is 0 Å². The normalized spacial score (nSPS) is 16.8. The highest BCUT2D eigenvalue weighted by Crippen LogP contribution is 2.28. The molecule has 1 unspecified atom stereocenters. The van der Waals surface area contributed by atoms with Gasteiger partial charge in [0.2, 0.25) is 0 Å². The maximum atomic E-state index is 5.43. The molecule has 6 nitrogen and oxygen atoms in total. The van der Waals surface area contributed by atoms with Crippen LogP contribution in [-0.4, -0.2) is 41.4 Å². The smallest absolute Gasteiger partial charge is 0.151 e. The van der Waals surface area contributed by atoms with Gasteiger partial charge in [0, 0.05) is 43.6 Å². The summed E-state index contributed by atoms with van der Waals surface area (Å²) in [6, 6.07) is 16.5. The summed E-state index contributed by atoms with van der Waals surface area (Å²) in [5.41, 5.74) is 2.99. The van der Waals surface area contributed by atoms with Crippen molar-refractivity contribution in [2.24, 2.45) is 0 Å². The summed E-state index contributed by atoms with van der Waals surface area (Å²) in [6.07, 6.45) is 6.03. The number of ether oxygens (including phenoxy) is 1. The van der Waals surface area contributed by atoms with Crippen LogP contribution in [-0.2, 0) is 6.54 Å². The second-order valence-corrected chi connectivity index (χ2v) is 7.00. The quantitative estimate of drug-likeness (QED) is 0.713. The van der Waals surface area contributed by atoms with Crippen LogP contribution in [0.25, 0.3) is 11.3 Å². The lowest BCUT2D eigenvalue weighted by molar-refractivity contribution is 0.416. The van der Waals surface area contributed by atoms with Gasteiger partial charge in [-0.1, -0.05) is 18.2 Å². The average molecular weight is 375 g/mol. The molecular formula is C22H25N5O.